The molecule has 8 atom stereocenters. The Morgan fingerprint density at radius 2 is 1.29 bits per heavy atom. The lowest BCUT2D eigenvalue weighted by molar-refractivity contribution is -0.0465. The number of fused-ring (bicyclic) bond motifs is 2. The summed E-state index contributed by atoms with van der Waals surface area (Å²) in [4.78, 5) is 0. The van der Waals surface area contributed by atoms with Crippen molar-refractivity contribution >= 4 is 0 Å². The predicted octanol–water partition coefficient (Wildman–Crippen LogP) is 15.0. The van der Waals surface area contributed by atoms with Crippen LogP contribution in [0, 0.1) is 45.8 Å². The molecule has 0 saturated heterocycles. The molecule has 3 aliphatic carbocycles. The number of hydrogen-bond acceptors (Lipinski definition) is 2. The molecular formula is C54H78O2. The lowest BCUT2D eigenvalue weighted by Crippen LogP contribution is -2.48. The van der Waals surface area contributed by atoms with E-state index >= 15 is 0 Å². The van der Waals surface area contributed by atoms with Crippen molar-refractivity contribution in [1.29, 1.82) is 0 Å². The van der Waals surface area contributed by atoms with Crippen LogP contribution < -0.4 is 4.74 Å². The van der Waals surface area contributed by atoms with Crippen LogP contribution >= 0.6 is 0 Å². The largest absolute Gasteiger partial charge is 0.496 e. The molecule has 8 unspecified atom stereocenters. The number of ether oxygens (including phenoxy) is 2. The molecule has 56 heavy (non-hydrogen) atoms. The van der Waals surface area contributed by atoms with E-state index in [1.54, 1.807) is 22.3 Å². The van der Waals surface area contributed by atoms with Crippen LogP contribution in [0.5, 0.6) is 5.75 Å². The topological polar surface area (TPSA) is 18.5 Å². The Bertz CT molecular complexity index is 1820. The molecule has 1 fully saturated rings. The third-order valence-corrected chi connectivity index (χ3v) is 14.2. The summed E-state index contributed by atoms with van der Waals surface area (Å²) in [6.45, 7) is 31.8. The average molecular weight is 759 g/mol. The number of benzene rings is 3. The van der Waals surface area contributed by atoms with Gasteiger partial charge in [-0.2, -0.15) is 0 Å². The monoisotopic (exact) mass is 759 g/mol. The number of rotatable bonds is 9. The maximum Gasteiger partial charge on any atom is 0.130 e. The quantitative estimate of drug-likeness (QED) is 0.202. The summed E-state index contributed by atoms with van der Waals surface area (Å²) in [5.41, 5.74) is 12.8. The van der Waals surface area contributed by atoms with Gasteiger partial charge in [0.25, 0.3) is 0 Å². The van der Waals surface area contributed by atoms with E-state index in [9.17, 15) is 0 Å². The minimum Gasteiger partial charge on any atom is -0.496 e. The molecule has 0 aromatic heterocycles. The Labute approximate surface area is 343 Å². The van der Waals surface area contributed by atoms with Crippen LogP contribution in [-0.4, -0.2) is 20.3 Å². The van der Waals surface area contributed by atoms with Gasteiger partial charge in [-0.3, -0.25) is 0 Å². The van der Waals surface area contributed by atoms with Crippen molar-refractivity contribution in [2.75, 3.05) is 14.2 Å². The van der Waals surface area contributed by atoms with Crippen LogP contribution in [-0.2, 0) is 16.6 Å². The van der Waals surface area contributed by atoms with Gasteiger partial charge >= 0.3 is 0 Å². The van der Waals surface area contributed by atoms with Gasteiger partial charge in [0, 0.05) is 24.2 Å². The van der Waals surface area contributed by atoms with Crippen molar-refractivity contribution in [2.45, 2.75) is 158 Å². The molecule has 3 aromatic rings. The molecule has 2 nitrogen and oxygen atoms in total. The fraction of sp³-hybridized carbons (Fsp3) is 0.630. The summed E-state index contributed by atoms with van der Waals surface area (Å²) >= 11 is 0. The summed E-state index contributed by atoms with van der Waals surface area (Å²) in [6.07, 6.45) is 8.60. The van der Waals surface area contributed by atoms with Crippen molar-refractivity contribution in [1.82, 2.24) is 0 Å². The van der Waals surface area contributed by atoms with E-state index in [1.165, 1.54) is 47.9 Å². The van der Waals surface area contributed by atoms with Gasteiger partial charge in [-0.1, -0.05) is 168 Å². The molecule has 0 aliphatic heterocycles. The third kappa shape index (κ3) is 8.77. The van der Waals surface area contributed by atoms with Crippen LogP contribution in [0.1, 0.15) is 163 Å². The lowest BCUT2D eigenvalue weighted by atomic mass is 9.52. The molecule has 0 bridgehead atoms. The zero-order valence-electron chi connectivity index (χ0n) is 38.2. The molecule has 306 valence electrons. The van der Waals surface area contributed by atoms with Crippen LogP contribution in [0.4, 0.5) is 0 Å². The van der Waals surface area contributed by atoms with E-state index in [0.29, 0.717) is 41.4 Å². The fourth-order valence-electron chi connectivity index (χ4n) is 12.1. The molecular weight excluding hydrogens is 681 g/mol. The number of hydrogen-bond donors (Lipinski definition) is 0. The van der Waals surface area contributed by atoms with Crippen molar-refractivity contribution in [3.05, 3.63) is 100 Å². The molecule has 0 amide bonds. The van der Waals surface area contributed by atoms with E-state index in [-0.39, 0.29) is 27.8 Å². The molecule has 3 aromatic carbocycles. The minimum atomic E-state index is -0.0473. The van der Waals surface area contributed by atoms with Crippen LogP contribution in [0.3, 0.4) is 0 Å². The standard InChI is InChI=1S/C54H78O2/c1-16-38-39(36(32-51(2,3)4)27-43-41(38)30-45(53(8,9)10)49(55-14)47(43)34-23-19-17-20-24-34)29-40-37(33-52(5,6)7)28-44-42(40)31-46(54(11,12)13)50(56-15)48(44)35-25-21-18-22-26-35/h17-26,31,36-37,39-40,43,45,47,49H,16,27-30,32-33H2,1-15H3. The summed E-state index contributed by atoms with van der Waals surface area (Å²) in [7, 11) is 3.88. The Balaban J connectivity index is 1.58. The summed E-state index contributed by atoms with van der Waals surface area (Å²) in [5, 5.41) is 0. The second kappa shape index (κ2) is 16.1. The first-order chi connectivity index (χ1) is 26.2. The second-order valence-electron chi connectivity index (χ2n) is 22.8. The lowest BCUT2D eigenvalue weighted by Gasteiger charge is -2.54. The predicted molar refractivity (Wildman–Crippen MR) is 240 cm³/mol. The first-order valence-corrected chi connectivity index (χ1v) is 22.3. The van der Waals surface area contributed by atoms with E-state index < -0.39 is 0 Å². The Morgan fingerprint density at radius 3 is 1.80 bits per heavy atom. The van der Waals surface area contributed by atoms with Crippen molar-refractivity contribution in [3.63, 3.8) is 0 Å². The first kappa shape index (κ1) is 42.8. The van der Waals surface area contributed by atoms with Crippen LogP contribution in [0.2, 0.25) is 0 Å². The molecule has 2 heteroatoms. The van der Waals surface area contributed by atoms with Gasteiger partial charge in [0.05, 0.1) is 13.2 Å². The average Bonchev–Trinajstić information content (AvgIpc) is 3.44. The van der Waals surface area contributed by atoms with Crippen LogP contribution in [0.15, 0.2) is 77.9 Å². The maximum atomic E-state index is 6.66. The van der Waals surface area contributed by atoms with Crippen molar-refractivity contribution < 1.29 is 9.47 Å². The summed E-state index contributed by atoms with van der Waals surface area (Å²) in [6, 6.07) is 25.3. The summed E-state index contributed by atoms with van der Waals surface area (Å²) < 4.78 is 13.1. The SMILES string of the molecule is CCC1=C2CC(C(C)(C)C)C(OC)C(c3ccccc3)C2CC(CC(C)(C)C)C1CC1c2cc(C(C)(C)C)c(OC)c(-c3ccccc3)c2CC1CC(C)(C)C. The van der Waals surface area contributed by atoms with Gasteiger partial charge in [-0.25, -0.2) is 0 Å². The van der Waals surface area contributed by atoms with Gasteiger partial charge in [0.15, 0.2) is 0 Å². The third-order valence-electron chi connectivity index (χ3n) is 14.2. The highest BCUT2D eigenvalue weighted by molar-refractivity contribution is 5.79. The van der Waals surface area contributed by atoms with E-state index in [4.69, 9.17) is 9.47 Å². The van der Waals surface area contributed by atoms with Gasteiger partial charge in [0.1, 0.15) is 5.75 Å². The van der Waals surface area contributed by atoms with Gasteiger partial charge in [-0.05, 0) is 124 Å². The fourth-order valence-corrected chi connectivity index (χ4v) is 12.1. The Morgan fingerprint density at radius 1 is 0.696 bits per heavy atom. The van der Waals surface area contributed by atoms with E-state index in [0.717, 1.165) is 25.0 Å². The zero-order valence-corrected chi connectivity index (χ0v) is 38.2. The maximum absolute atomic E-state index is 6.66. The molecule has 0 heterocycles. The number of methoxy groups -OCH3 is 2. The zero-order chi connectivity index (χ0) is 41.0. The first-order valence-electron chi connectivity index (χ1n) is 22.3. The van der Waals surface area contributed by atoms with Crippen molar-refractivity contribution in [2.24, 2.45) is 45.8 Å². The van der Waals surface area contributed by atoms with E-state index in [2.05, 4.69) is 157 Å². The normalized spacial score (nSPS) is 27.3. The minimum absolute atomic E-state index is 0.0473. The van der Waals surface area contributed by atoms with Crippen molar-refractivity contribution in [3.8, 4) is 16.9 Å². The van der Waals surface area contributed by atoms with E-state index in [1.807, 2.05) is 14.2 Å². The highest BCUT2D eigenvalue weighted by Crippen LogP contribution is 2.61. The molecule has 0 radical (unpaired) electrons. The Kier molecular flexibility index (Phi) is 12.3. The van der Waals surface area contributed by atoms with Crippen LogP contribution in [0.25, 0.3) is 11.1 Å². The molecule has 3 aliphatic rings. The van der Waals surface area contributed by atoms with Gasteiger partial charge in [0.2, 0.25) is 0 Å². The number of allylic oxidation sites excluding steroid dienone is 2. The van der Waals surface area contributed by atoms with Gasteiger partial charge in [-0.15, -0.1) is 0 Å². The smallest absolute Gasteiger partial charge is 0.130 e. The molecule has 0 spiro atoms. The highest BCUT2D eigenvalue weighted by Gasteiger charge is 2.52. The van der Waals surface area contributed by atoms with Gasteiger partial charge < -0.3 is 9.47 Å². The molecule has 1 saturated carbocycles. The Hall–Kier alpha value is -2.84. The highest BCUT2D eigenvalue weighted by atomic mass is 16.5. The summed E-state index contributed by atoms with van der Waals surface area (Å²) in [5.74, 6) is 4.71. The second-order valence-corrected chi connectivity index (χ2v) is 22.8. The molecule has 0 N–H and O–H groups in total. The molecule has 6 rings (SSSR count).